The van der Waals surface area contributed by atoms with Crippen molar-refractivity contribution in [3.05, 3.63) is 35.9 Å². The first-order valence-electron chi connectivity index (χ1n) is 14.1. The summed E-state index contributed by atoms with van der Waals surface area (Å²) in [5, 5.41) is 5.96. The first-order valence-corrected chi connectivity index (χ1v) is 14.7. The van der Waals surface area contributed by atoms with Gasteiger partial charge in [-0.05, 0) is 36.8 Å². The van der Waals surface area contributed by atoms with Crippen molar-refractivity contribution in [3.63, 3.8) is 0 Å². The highest BCUT2D eigenvalue weighted by molar-refractivity contribution is 7.80. The predicted molar refractivity (Wildman–Crippen MR) is 164 cm³/mol. The Morgan fingerprint density at radius 2 is 1.23 bits per heavy atom. The third-order valence-corrected chi connectivity index (χ3v) is 7.73. The molecule has 10 heteroatoms. The monoisotopic (exact) mass is 577 g/mol. The van der Waals surface area contributed by atoms with Crippen LogP contribution in [-0.2, 0) is 25.6 Å². The molecule has 1 aromatic rings. The van der Waals surface area contributed by atoms with Crippen LogP contribution in [0.4, 0.5) is 0 Å². The molecule has 226 valence electrons. The molecule has 0 spiro atoms. The van der Waals surface area contributed by atoms with Gasteiger partial charge in [0.2, 0.25) is 23.6 Å². The molecule has 40 heavy (non-hydrogen) atoms. The second kappa shape index (κ2) is 16.6. The molecule has 0 fully saturated rings. The average Bonchev–Trinajstić information content (AvgIpc) is 2.89. The standard InChI is InChI=1S/C30H51N5O4S/c1-19(2)24(31-7)28(37)34(9)26(21(5)6)30(39)35(10)25(20(3)4)29(38)33(8)23(18-40)27(36)32-17-16-22-14-12-11-13-15-22/h11-15,19-21,23-26,31,40H,16-18H2,1-10H3,(H,32,36)/t23-,24-,25-,26-/m0/s1. The van der Waals surface area contributed by atoms with E-state index >= 15 is 0 Å². The highest BCUT2D eigenvalue weighted by Gasteiger charge is 2.41. The van der Waals surface area contributed by atoms with E-state index in [1.54, 1.807) is 28.2 Å². The van der Waals surface area contributed by atoms with E-state index < -0.39 is 24.2 Å². The number of likely N-dealkylation sites (N-methyl/N-ethyl adjacent to an activating group) is 4. The topological polar surface area (TPSA) is 102 Å². The van der Waals surface area contributed by atoms with Crippen LogP contribution in [0.5, 0.6) is 0 Å². The Morgan fingerprint density at radius 3 is 1.65 bits per heavy atom. The van der Waals surface area contributed by atoms with Gasteiger partial charge >= 0.3 is 0 Å². The summed E-state index contributed by atoms with van der Waals surface area (Å²) in [6, 6.07) is 7.01. The Labute approximate surface area is 246 Å². The van der Waals surface area contributed by atoms with Crippen molar-refractivity contribution in [1.29, 1.82) is 0 Å². The molecule has 1 aromatic carbocycles. The second-order valence-corrected chi connectivity index (χ2v) is 11.8. The molecule has 2 N–H and O–H groups in total. The van der Waals surface area contributed by atoms with E-state index in [9.17, 15) is 19.2 Å². The van der Waals surface area contributed by atoms with Crippen LogP contribution in [0, 0.1) is 17.8 Å². The number of hydrogen-bond donors (Lipinski definition) is 3. The third-order valence-electron chi connectivity index (χ3n) is 7.39. The highest BCUT2D eigenvalue weighted by Crippen LogP contribution is 2.21. The molecule has 0 saturated carbocycles. The smallest absolute Gasteiger partial charge is 0.246 e. The zero-order chi connectivity index (χ0) is 30.7. The van der Waals surface area contributed by atoms with Crippen LogP contribution in [0.25, 0.3) is 0 Å². The van der Waals surface area contributed by atoms with Crippen LogP contribution < -0.4 is 10.6 Å². The van der Waals surface area contributed by atoms with Gasteiger partial charge in [0.25, 0.3) is 0 Å². The molecule has 4 atom stereocenters. The first kappa shape index (κ1) is 35.4. The highest BCUT2D eigenvalue weighted by atomic mass is 32.1. The van der Waals surface area contributed by atoms with Crippen LogP contribution in [0.1, 0.15) is 47.1 Å². The fourth-order valence-electron chi connectivity index (χ4n) is 5.08. The van der Waals surface area contributed by atoms with Crippen LogP contribution in [0.3, 0.4) is 0 Å². The summed E-state index contributed by atoms with van der Waals surface area (Å²) < 4.78 is 0. The lowest BCUT2D eigenvalue weighted by atomic mass is 9.95. The molecular weight excluding hydrogens is 526 g/mol. The van der Waals surface area contributed by atoms with Gasteiger partial charge < -0.3 is 25.3 Å². The van der Waals surface area contributed by atoms with Gasteiger partial charge in [-0.25, -0.2) is 0 Å². The Balaban J connectivity index is 3.10. The summed E-state index contributed by atoms with van der Waals surface area (Å²) in [4.78, 5) is 58.3. The van der Waals surface area contributed by atoms with Gasteiger partial charge in [-0.2, -0.15) is 12.6 Å². The van der Waals surface area contributed by atoms with Gasteiger partial charge in [0.05, 0.1) is 6.04 Å². The van der Waals surface area contributed by atoms with Crippen molar-refractivity contribution in [1.82, 2.24) is 25.3 Å². The third kappa shape index (κ3) is 9.23. The van der Waals surface area contributed by atoms with E-state index in [0.717, 1.165) is 5.56 Å². The van der Waals surface area contributed by atoms with Gasteiger partial charge in [0, 0.05) is 33.4 Å². The number of amides is 4. The van der Waals surface area contributed by atoms with Crippen LogP contribution in [0.2, 0.25) is 0 Å². The van der Waals surface area contributed by atoms with E-state index in [2.05, 4.69) is 23.3 Å². The van der Waals surface area contributed by atoms with Crippen LogP contribution in [0.15, 0.2) is 30.3 Å². The van der Waals surface area contributed by atoms with Crippen molar-refractivity contribution in [2.45, 2.75) is 72.1 Å². The SMILES string of the molecule is CN[C@H](C(=O)N(C)[C@H](C(=O)N(C)[C@H](C(=O)N(C)[C@@H](CS)C(=O)NCCc1ccccc1)C(C)C)C(C)C)C(C)C. The largest absolute Gasteiger partial charge is 0.354 e. The first-order chi connectivity index (χ1) is 18.7. The summed E-state index contributed by atoms with van der Waals surface area (Å²) in [5.74, 6) is -1.39. The lowest BCUT2D eigenvalue weighted by molar-refractivity contribution is -0.154. The Hall–Kier alpha value is -2.59. The second-order valence-electron chi connectivity index (χ2n) is 11.5. The van der Waals surface area contributed by atoms with E-state index in [0.29, 0.717) is 13.0 Å². The quantitative estimate of drug-likeness (QED) is 0.278. The van der Waals surface area contributed by atoms with E-state index in [1.165, 1.54) is 14.7 Å². The van der Waals surface area contributed by atoms with Gasteiger partial charge in [-0.3, -0.25) is 19.2 Å². The van der Waals surface area contributed by atoms with Crippen molar-refractivity contribution in [2.24, 2.45) is 17.8 Å². The fraction of sp³-hybridized carbons (Fsp3) is 0.667. The number of nitrogens with one attached hydrogen (secondary N) is 2. The van der Waals surface area contributed by atoms with Crippen molar-refractivity contribution in [2.75, 3.05) is 40.5 Å². The average molecular weight is 578 g/mol. The maximum Gasteiger partial charge on any atom is 0.246 e. The lowest BCUT2D eigenvalue weighted by Gasteiger charge is -2.40. The number of rotatable bonds is 15. The molecule has 0 heterocycles. The zero-order valence-electron chi connectivity index (χ0n) is 26.0. The minimum Gasteiger partial charge on any atom is -0.354 e. The summed E-state index contributed by atoms with van der Waals surface area (Å²) in [7, 11) is 6.54. The van der Waals surface area contributed by atoms with Gasteiger partial charge in [-0.15, -0.1) is 0 Å². The molecule has 0 aliphatic rings. The number of benzene rings is 1. The van der Waals surface area contributed by atoms with Crippen molar-refractivity contribution >= 4 is 36.3 Å². The summed E-state index contributed by atoms with van der Waals surface area (Å²) in [5.41, 5.74) is 1.10. The molecule has 0 bridgehead atoms. The molecule has 0 aromatic heterocycles. The minimum atomic E-state index is -0.827. The van der Waals surface area contributed by atoms with E-state index in [4.69, 9.17) is 0 Å². The van der Waals surface area contributed by atoms with E-state index in [1.807, 2.05) is 71.9 Å². The molecule has 0 radical (unpaired) electrons. The Kier molecular flexibility index (Phi) is 14.7. The summed E-state index contributed by atoms with van der Waals surface area (Å²) >= 11 is 4.36. The zero-order valence-corrected chi connectivity index (χ0v) is 26.9. The molecule has 9 nitrogen and oxygen atoms in total. The van der Waals surface area contributed by atoms with Gasteiger partial charge in [0.1, 0.15) is 18.1 Å². The molecular formula is C30H51N5O4S. The normalized spacial score (nSPS) is 14.4. The number of hydrogen-bond acceptors (Lipinski definition) is 6. The lowest BCUT2D eigenvalue weighted by Crippen LogP contribution is -2.61. The maximum absolute atomic E-state index is 13.9. The number of nitrogens with zero attached hydrogens (tertiary/aromatic N) is 3. The summed E-state index contributed by atoms with van der Waals surface area (Å²) in [6.45, 7) is 11.8. The molecule has 4 amide bonds. The molecule has 0 aliphatic carbocycles. The minimum absolute atomic E-state index is 0.0382. The van der Waals surface area contributed by atoms with Gasteiger partial charge in [-0.1, -0.05) is 71.9 Å². The molecule has 0 saturated heterocycles. The Morgan fingerprint density at radius 1 is 0.750 bits per heavy atom. The van der Waals surface area contributed by atoms with Crippen LogP contribution in [-0.4, -0.2) is 103 Å². The van der Waals surface area contributed by atoms with Crippen molar-refractivity contribution in [3.8, 4) is 0 Å². The summed E-state index contributed by atoms with van der Waals surface area (Å²) in [6.07, 6.45) is 0.670. The maximum atomic E-state index is 13.9. The Bertz CT molecular complexity index is 972. The molecule has 0 aliphatic heterocycles. The fourth-order valence-corrected chi connectivity index (χ4v) is 5.49. The number of carbonyl (C=O) groups excluding carboxylic acids is 4. The van der Waals surface area contributed by atoms with E-state index in [-0.39, 0.29) is 47.1 Å². The number of thiol groups is 1. The van der Waals surface area contributed by atoms with Crippen molar-refractivity contribution < 1.29 is 19.2 Å². The number of carbonyl (C=O) groups is 4. The molecule has 0 unspecified atom stereocenters. The predicted octanol–water partition coefficient (Wildman–Crippen LogP) is 2.31. The van der Waals surface area contributed by atoms with Crippen LogP contribution >= 0.6 is 12.6 Å². The molecule has 1 rings (SSSR count). The van der Waals surface area contributed by atoms with Gasteiger partial charge in [0.15, 0.2) is 0 Å².